The molecule has 0 saturated carbocycles. The molecule has 0 aromatic heterocycles. The molecule has 0 radical (unpaired) electrons. The molecule has 0 fully saturated rings. The van der Waals surface area contributed by atoms with Gasteiger partial charge in [0.25, 0.3) is 0 Å². The van der Waals surface area contributed by atoms with Crippen LogP contribution in [0.2, 0.25) is 0 Å². The monoisotopic (exact) mass is 191 g/mol. The summed E-state index contributed by atoms with van der Waals surface area (Å²) in [6, 6.07) is 0.400. The van der Waals surface area contributed by atoms with Crippen LogP contribution in [0.25, 0.3) is 0 Å². The molecule has 2 atom stereocenters. The maximum absolute atomic E-state index is 11.4. The van der Waals surface area contributed by atoms with Gasteiger partial charge >= 0.3 is 0 Å². The van der Waals surface area contributed by atoms with Crippen LogP contribution in [-0.4, -0.2) is 28.8 Å². The van der Waals surface area contributed by atoms with Gasteiger partial charge in [-0.25, -0.2) is 0 Å². The van der Waals surface area contributed by atoms with Gasteiger partial charge in [-0.15, -0.1) is 0 Å². The van der Waals surface area contributed by atoms with Crippen molar-refractivity contribution in [3.63, 3.8) is 0 Å². The molecule has 0 aliphatic rings. The minimum atomic E-state index is -0.633. The lowest BCUT2D eigenvalue weighted by atomic mass is 10.1. The van der Waals surface area contributed by atoms with Crippen molar-refractivity contribution < 1.29 is 4.21 Å². The Kier molecular flexibility index (Phi) is 6.67. The second-order valence-corrected chi connectivity index (χ2v) is 5.07. The first-order chi connectivity index (χ1) is 5.61. The van der Waals surface area contributed by atoms with Gasteiger partial charge < -0.3 is 5.32 Å². The van der Waals surface area contributed by atoms with Crippen molar-refractivity contribution in [3.05, 3.63) is 0 Å². The second-order valence-electron chi connectivity index (χ2n) is 3.45. The molecule has 2 nitrogen and oxygen atoms in total. The molecule has 2 unspecified atom stereocenters. The Balaban J connectivity index is 3.77. The Hall–Kier alpha value is 0.110. The van der Waals surface area contributed by atoms with E-state index >= 15 is 0 Å². The molecule has 3 heteroatoms. The van der Waals surface area contributed by atoms with Gasteiger partial charge in [0.1, 0.15) is 0 Å². The predicted octanol–water partition coefficient (Wildman–Crippen LogP) is 1.39. The van der Waals surface area contributed by atoms with E-state index in [0.717, 1.165) is 17.9 Å². The lowest BCUT2D eigenvalue weighted by molar-refractivity contribution is 0.461. The van der Waals surface area contributed by atoms with Gasteiger partial charge in [0, 0.05) is 28.3 Å². The average molecular weight is 191 g/mol. The van der Waals surface area contributed by atoms with Crippen molar-refractivity contribution in [1.82, 2.24) is 5.32 Å². The molecule has 0 spiro atoms. The molecule has 0 saturated heterocycles. The van der Waals surface area contributed by atoms with Crippen LogP contribution in [-0.2, 0) is 10.8 Å². The Labute approximate surface area is 78.6 Å². The van der Waals surface area contributed by atoms with Crippen molar-refractivity contribution >= 4 is 10.8 Å². The Morgan fingerprint density at radius 3 is 2.33 bits per heavy atom. The summed E-state index contributed by atoms with van der Waals surface area (Å²) < 4.78 is 11.4. The predicted molar refractivity (Wildman–Crippen MR) is 55.9 cm³/mol. The van der Waals surface area contributed by atoms with Gasteiger partial charge in [-0.05, 0) is 19.4 Å². The molecule has 0 aliphatic carbocycles. The molecular formula is C9H21NOS. The van der Waals surface area contributed by atoms with E-state index in [4.69, 9.17) is 0 Å². The molecular weight excluding hydrogens is 170 g/mol. The van der Waals surface area contributed by atoms with Crippen LogP contribution in [0.5, 0.6) is 0 Å². The molecule has 0 aromatic carbocycles. The van der Waals surface area contributed by atoms with Gasteiger partial charge in [0.15, 0.2) is 0 Å². The zero-order chi connectivity index (χ0) is 9.56. The molecule has 0 bridgehead atoms. The van der Waals surface area contributed by atoms with Gasteiger partial charge in [0.05, 0.1) is 0 Å². The molecule has 0 heterocycles. The van der Waals surface area contributed by atoms with E-state index in [1.807, 2.05) is 7.05 Å². The smallest absolute Gasteiger partial charge is 0.0391 e. The van der Waals surface area contributed by atoms with E-state index < -0.39 is 10.8 Å². The molecule has 1 N–H and O–H groups in total. The first-order valence-corrected chi connectivity index (χ1v) is 6.12. The summed E-state index contributed by atoms with van der Waals surface area (Å²) in [5.41, 5.74) is 0. The molecule has 0 amide bonds. The first-order valence-electron chi connectivity index (χ1n) is 4.64. The summed E-state index contributed by atoms with van der Waals surface area (Å²) in [6.45, 7) is 6.39. The third-order valence-corrected chi connectivity index (χ3v) is 3.57. The van der Waals surface area contributed by atoms with Gasteiger partial charge in [-0.3, -0.25) is 4.21 Å². The maximum Gasteiger partial charge on any atom is 0.0391 e. The number of rotatable bonds is 6. The van der Waals surface area contributed by atoms with Crippen molar-refractivity contribution in [1.29, 1.82) is 0 Å². The van der Waals surface area contributed by atoms with Crippen molar-refractivity contribution in [2.24, 2.45) is 5.92 Å². The maximum atomic E-state index is 11.4. The summed E-state index contributed by atoms with van der Waals surface area (Å²) in [7, 11) is 1.31. The van der Waals surface area contributed by atoms with Crippen LogP contribution in [0.4, 0.5) is 0 Å². The van der Waals surface area contributed by atoms with E-state index in [-0.39, 0.29) is 0 Å². The van der Waals surface area contributed by atoms with Gasteiger partial charge in [0.2, 0.25) is 0 Å². The van der Waals surface area contributed by atoms with E-state index in [0.29, 0.717) is 12.0 Å². The minimum absolute atomic E-state index is 0.400. The molecule has 0 rings (SSSR count). The van der Waals surface area contributed by atoms with Crippen molar-refractivity contribution in [3.8, 4) is 0 Å². The summed E-state index contributed by atoms with van der Waals surface area (Å²) in [4.78, 5) is 0. The zero-order valence-electron chi connectivity index (χ0n) is 8.59. The highest BCUT2D eigenvalue weighted by atomic mass is 32.2. The Morgan fingerprint density at radius 1 is 1.42 bits per heavy atom. The standard InChI is InChI=1S/C9H21NOS/c1-5-6-12(11)7-9(10-4)8(2)3/h8-10H,5-7H2,1-4H3. The van der Waals surface area contributed by atoms with Crippen LogP contribution < -0.4 is 5.32 Å². The summed E-state index contributed by atoms with van der Waals surface area (Å²) in [5.74, 6) is 2.20. The third kappa shape index (κ3) is 4.88. The van der Waals surface area contributed by atoms with Crippen LogP contribution in [0, 0.1) is 5.92 Å². The van der Waals surface area contributed by atoms with Crippen LogP contribution in [0.15, 0.2) is 0 Å². The normalized spacial score (nSPS) is 16.4. The first kappa shape index (κ1) is 12.1. The Morgan fingerprint density at radius 2 is 2.00 bits per heavy atom. The van der Waals surface area contributed by atoms with Gasteiger partial charge in [-0.2, -0.15) is 0 Å². The fourth-order valence-electron chi connectivity index (χ4n) is 1.12. The molecule has 0 aliphatic heterocycles. The SMILES string of the molecule is CCCS(=O)CC(NC)C(C)C. The second kappa shape index (κ2) is 6.61. The average Bonchev–Trinajstić information content (AvgIpc) is 2.00. The molecule has 74 valence electrons. The number of hydrogen-bond donors (Lipinski definition) is 1. The topological polar surface area (TPSA) is 29.1 Å². The summed E-state index contributed by atoms with van der Waals surface area (Å²) >= 11 is 0. The fraction of sp³-hybridized carbons (Fsp3) is 1.00. The third-order valence-electron chi connectivity index (χ3n) is 1.97. The van der Waals surface area contributed by atoms with E-state index in [1.54, 1.807) is 0 Å². The van der Waals surface area contributed by atoms with Crippen LogP contribution in [0.3, 0.4) is 0 Å². The summed E-state index contributed by atoms with van der Waals surface area (Å²) in [5, 5.41) is 3.20. The van der Waals surface area contributed by atoms with Gasteiger partial charge in [-0.1, -0.05) is 20.8 Å². The lowest BCUT2D eigenvalue weighted by Gasteiger charge is -2.19. The zero-order valence-corrected chi connectivity index (χ0v) is 9.41. The highest BCUT2D eigenvalue weighted by Gasteiger charge is 2.13. The highest BCUT2D eigenvalue weighted by Crippen LogP contribution is 2.03. The highest BCUT2D eigenvalue weighted by molar-refractivity contribution is 7.85. The van der Waals surface area contributed by atoms with Crippen molar-refractivity contribution in [2.45, 2.75) is 33.2 Å². The minimum Gasteiger partial charge on any atom is -0.316 e. The van der Waals surface area contributed by atoms with Crippen molar-refractivity contribution in [2.75, 3.05) is 18.6 Å². The largest absolute Gasteiger partial charge is 0.316 e. The number of hydrogen-bond acceptors (Lipinski definition) is 2. The van der Waals surface area contributed by atoms with E-state index in [1.165, 1.54) is 0 Å². The molecule has 0 aromatic rings. The van der Waals surface area contributed by atoms with Crippen LogP contribution in [0.1, 0.15) is 27.2 Å². The van der Waals surface area contributed by atoms with E-state index in [9.17, 15) is 4.21 Å². The lowest BCUT2D eigenvalue weighted by Crippen LogP contribution is -2.36. The number of nitrogens with one attached hydrogen (secondary N) is 1. The molecule has 12 heavy (non-hydrogen) atoms. The Bertz CT molecular complexity index is 136. The quantitative estimate of drug-likeness (QED) is 0.687. The van der Waals surface area contributed by atoms with E-state index in [2.05, 4.69) is 26.1 Å². The summed E-state index contributed by atoms with van der Waals surface area (Å²) in [6.07, 6.45) is 1.02. The fourth-order valence-corrected chi connectivity index (χ4v) is 2.69. The van der Waals surface area contributed by atoms with Crippen LogP contribution >= 0.6 is 0 Å².